The first-order valence-corrected chi connectivity index (χ1v) is 9.12. The van der Waals surface area contributed by atoms with Crippen molar-refractivity contribution in [2.45, 2.75) is 18.5 Å². The molecule has 2 unspecified atom stereocenters. The number of nitrogens with one attached hydrogen (secondary N) is 3. The third-order valence-electron chi connectivity index (χ3n) is 4.71. The molecule has 150 valence electrons. The van der Waals surface area contributed by atoms with Crippen LogP contribution in [0.25, 0.3) is 10.9 Å². The van der Waals surface area contributed by atoms with Crippen LogP contribution in [0.1, 0.15) is 16.9 Å². The molecular formula is C19H20FN7O2. The molecule has 2 atom stereocenters. The molecule has 3 heterocycles. The molecule has 1 aliphatic rings. The van der Waals surface area contributed by atoms with Gasteiger partial charge in [0.1, 0.15) is 11.6 Å². The minimum atomic E-state index is -0.728. The Labute approximate surface area is 165 Å². The molecule has 10 heteroatoms. The number of aliphatic hydroxyl groups is 1. The summed E-state index contributed by atoms with van der Waals surface area (Å²) in [6, 6.07) is 6.10. The molecule has 1 saturated heterocycles. The first-order chi connectivity index (χ1) is 14.0. The zero-order valence-corrected chi connectivity index (χ0v) is 15.4. The minimum absolute atomic E-state index is 0.0207. The van der Waals surface area contributed by atoms with Crippen LogP contribution in [-0.4, -0.2) is 51.2 Å². The molecule has 6 N–H and O–H groups in total. The Morgan fingerprint density at radius 2 is 2.17 bits per heavy atom. The van der Waals surface area contributed by atoms with E-state index < -0.39 is 5.91 Å². The number of carbonyl (C=O) groups is 1. The maximum Gasteiger partial charge on any atom is 0.271 e. The van der Waals surface area contributed by atoms with E-state index in [1.165, 1.54) is 18.3 Å². The highest BCUT2D eigenvalue weighted by molar-refractivity contribution is 5.96. The molecule has 9 nitrogen and oxygen atoms in total. The summed E-state index contributed by atoms with van der Waals surface area (Å²) in [5.41, 5.74) is 6.56. The highest BCUT2D eigenvalue weighted by Crippen LogP contribution is 2.23. The van der Waals surface area contributed by atoms with Gasteiger partial charge in [0.05, 0.1) is 30.2 Å². The van der Waals surface area contributed by atoms with Crippen molar-refractivity contribution in [2.75, 3.05) is 23.8 Å². The van der Waals surface area contributed by atoms with Crippen molar-refractivity contribution in [1.82, 2.24) is 20.3 Å². The lowest BCUT2D eigenvalue weighted by Gasteiger charge is -2.15. The maximum absolute atomic E-state index is 13.5. The van der Waals surface area contributed by atoms with Gasteiger partial charge in [-0.05, 0) is 30.7 Å². The number of nitrogens with two attached hydrogens (primary N) is 1. The number of halogens is 1. The van der Waals surface area contributed by atoms with Gasteiger partial charge in [-0.3, -0.25) is 9.78 Å². The molecule has 0 radical (unpaired) electrons. The Morgan fingerprint density at radius 1 is 1.31 bits per heavy atom. The quantitative estimate of drug-likeness (QED) is 0.417. The molecule has 0 bridgehead atoms. The number of rotatable bonds is 6. The molecule has 0 saturated carbocycles. The van der Waals surface area contributed by atoms with E-state index >= 15 is 0 Å². The summed E-state index contributed by atoms with van der Waals surface area (Å²) in [5, 5.41) is 19.3. The van der Waals surface area contributed by atoms with Gasteiger partial charge in [0.25, 0.3) is 5.91 Å². The van der Waals surface area contributed by atoms with E-state index in [0.29, 0.717) is 29.0 Å². The first-order valence-electron chi connectivity index (χ1n) is 9.12. The Kier molecular flexibility index (Phi) is 5.19. The molecule has 4 rings (SSSR count). The Morgan fingerprint density at radius 3 is 2.93 bits per heavy atom. The molecule has 1 amide bonds. The van der Waals surface area contributed by atoms with Crippen molar-refractivity contribution >= 4 is 34.1 Å². The van der Waals surface area contributed by atoms with Crippen LogP contribution in [0.3, 0.4) is 0 Å². The maximum atomic E-state index is 13.5. The standard InChI is InChI=1S/C19H20FN7O2/c20-11-1-2-15-10(3-11)4-12(7-23-15)26-19-17(18(21)29)24-8-16(27-19)25-13-5-14(9-28)22-6-13/h1-4,7-8,13-14,22,28H,5-6,9H2,(H2,21,29)(H2,25,26,27). The van der Waals surface area contributed by atoms with Crippen LogP contribution in [-0.2, 0) is 0 Å². The van der Waals surface area contributed by atoms with Crippen LogP contribution >= 0.6 is 0 Å². The summed E-state index contributed by atoms with van der Waals surface area (Å²) in [6.07, 6.45) is 3.73. The predicted molar refractivity (Wildman–Crippen MR) is 106 cm³/mol. The van der Waals surface area contributed by atoms with Crippen LogP contribution in [0, 0.1) is 5.82 Å². The fraction of sp³-hybridized carbons (Fsp3) is 0.263. The van der Waals surface area contributed by atoms with Gasteiger partial charge in [0.2, 0.25) is 0 Å². The molecule has 0 aliphatic carbocycles. The lowest BCUT2D eigenvalue weighted by molar-refractivity contribution is 0.0996. The summed E-state index contributed by atoms with van der Waals surface area (Å²) < 4.78 is 13.5. The lowest BCUT2D eigenvalue weighted by Crippen LogP contribution is -2.25. The Balaban J connectivity index is 1.60. The Bertz CT molecular complexity index is 1060. The summed E-state index contributed by atoms with van der Waals surface area (Å²) in [6.45, 7) is 0.736. The van der Waals surface area contributed by atoms with Gasteiger partial charge in [0, 0.05) is 24.0 Å². The number of nitrogens with zero attached hydrogens (tertiary/aromatic N) is 3. The number of fused-ring (bicyclic) bond motifs is 1. The van der Waals surface area contributed by atoms with E-state index in [0.717, 1.165) is 6.42 Å². The molecule has 2 aromatic heterocycles. The summed E-state index contributed by atoms with van der Waals surface area (Å²) in [7, 11) is 0. The number of aromatic nitrogens is 3. The topological polar surface area (TPSA) is 138 Å². The van der Waals surface area contributed by atoms with Crippen molar-refractivity contribution in [3.63, 3.8) is 0 Å². The third kappa shape index (κ3) is 4.23. The summed E-state index contributed by atoms with van der Waals surface area (Å²) >= 11 is 0. The Hall–Kier alpha value is -3.37. The molecule has 1 fully saturated rings. The number of aliphatic hydroxyl groups excluding tert-OH is 1. The van der Waals surface area contributed by atoms with Crippen LogP contribution in [0.4, 0.5) is 21.7 Å². The fourth-order valence-corrected chi connectivity index (χ4v) is 3.31. The average Bonchev–Trinajstić information content (AvgIpc) is 3.15. The van der Waals surface area contributed by atoms with E-state index in [1.54, 1.807) is 18.3 Å². The number of hydrogen-bond donors (Lipinski definition) is 5. The number of primary amides is 1. The highest BCUT2D eigenvalue weighted by Gasteiger charge is 2.24. The fourth-order valence-electron chi connectivity index (χ4n) is 3.31. The van der Waals surface area contributed by atoms with E-state index in [1.807, 2.05) is 0 Å². The van der Waals surface area contributed by atoms with Crippen molar-refractivity contribution in [2.24, 2.45) is 5.73 Å². The van der Waals surface area contributed by atoms with E-state index in [9.17, 15) is 14.3 Å². The van der Waals surface area contributed by atoms with Gasteiger partial charge >= 0.3 is 0 Å². The minimum Gasteiger partial charge on any atom is -0.395 e. The van der Waals surface area contributed by atoms with Gasteiger partial charge < -0.3 is 26.8 Å². The van der Waals surface area contributed by atoms with Crippen molar-refractivity contribution in [3.8, 4) is 0 Å². The second kappa shape index (κ2) is 7.94. The zero-order chi connectivity index (χ0) is 20.4. The SMILES string of the molecule is NC(=O)c1ncc(NC2CNC(CO)C2)nc1Nc1cnc2ccc(F)cc2c1. The number of anilines is 3. The zero-order valence-electron chi connectivity index (χ0n) is 15.4. The molecular weight excluding hydrogens is 377 g/mol. The van der Waals surface area contributed by atoms with Crippen LogP contribution in [0.2, 0.25) is 0 Å². The largest absolute Gasteiger partial charge is 0.395 e. The van der Waals surface area contributed by atoms with E-state index in [-0.39, 0.29) is 36.0 Å². The monoisotopic (exact) mass is 397 g/mol. The van der Waals surface area contributed by atoms with Crippen molar-refractivity contribution < 1.29 is 14.3 Å². The molecule has 29 heavy (non-hydrogen) atoms. The summed E-state index contributed by atoms with van der Waals surface area (Å²) in [4.78, 5) is 24.6. The first kappa shape index (κ1) is 19.0. The van der Waals surface area contributed by atoms with Gasteiger partial charge in [-0.25, -0.2) is 14.4 Å². The molecule has 1 aliphatic heterocycles. The van der Waals surface area contributed by atoms with Crippen LogP contribution in [0.15, 0.2) is 36.7 Å². The molecule has 0 spiro atoms. The second-order valence-corrected chi connectivity index (χ2v) is 6.87. The van der Waals surface area contributed by atoms with E-state index in [4.69, 9.17) is 5.73 Å². The van der Waals surface area contributed by atoms with Crippen molar-refractivity contribution in [3.05, 3.63) is 48.2 Å². The number of benzene rings is 1. The third-order valence-corrected chi connectivity index (χ3v) is 4.71. The second-order valence-electron chi connectivity index (χ2n) is 6.87. The highest BCUT2D eigenvalue weighted by atomic mass is 19.1. The lowest BCUT2D eigenvalue weighted by atomic mass is 10.2. The van der Waals surface area contributed by atoms with Gasteiger partial charge in [-0.15, -0.1) is 0 Å². The summed E-state index contributed by atoms with van der Waals surface area (Å²) in [5.74, 6) is -0.465. The molecule has 1 aromatic carbocycles. The van der Waals surface area contributed by atoms with Gasteiger partial charge in [-0.1, -0.05) is 0 Å². The predicted octanol–water partition coefficient (Wildman–Crippen LogP) is 1.14. The number of amides is 1. The smallest absolute Gasteiger partial charge is 0.271 e. The van der Waals surface area contributed by atoms with Crippen molar-refractivity contribution in [1.29, 1.82) is 0 Å². The van der Waals surface area contributed by atoms with Crippen LogP contribution < -0.4 is 21.7 Å². The number of carbonyl (C=O) groups excluding carboxylic acids is 1. The normalized spacial score (nSPS) is 18.7. The van der Waals surface area contributed by atoms with Gasteiger partial charge in [0.15, 0.2) is 11.5 Å². The van der Waals surface area contributed by atoms with Gasteiger partial charge in [-0.2, -0.15) is 0 Å². The molecule has 3 aromatic rings. The van der Waals surface area contributed by atoms with Crippen LogP contribution in [0.5, 0.6) is 0 Å². The average molecular weight is 397 g/mol. The number of hydrogen-bond acceptors (Lipinski definition) is 8. The number of pyridine rings is 1. The van der Waals surface area contributed by atoms with E-state index in [2.05, 4.69) is 30.9 Å².